The lowest BCUT2D eigenvalue weighted by Crippen LogP contribution is -2.13. The SMILES string of the molecule is Cc1ccc([N+](=O)[O-])cc1NC(=O)c1cc(Cl)c2ccccc2c1O. The van der Waals surface area contributed by atoms with E-state index in [9.17, 15) is 20.0 Å². The van der Waals surface area contributed by atoms with E-state index in [0.29, 0.717) is 27.0 Å². The van der Waals surface area contributed by atoms with Crippen molar-refractivity contribution in [1.82, 2.24) is 0 Å². The van der Waals surface area contributed by atoms with Gasteiger partial charge in [0.25, 0.3) is 11.6 Å². The minimum absolute atomic E-state index is 0.00499. The quantitative estimate of drug-likeness (QED) is 0.527. The van der Waals surface area contributed by atoms with Gasteiger partial charge in [0.2, 0.25) is 0 Å². The molecule has 0 atom stereocenters. The number of hydrogen-bond acceptors (Lipinski definition) is 4. The van der Waals surface area contributed by atoms with Crippen molar-refractivity contribution in [1.29, 1.82) is 0 Å². The highest BCUT2D eigenvalue weighted by Gasteiger charge is 2.18. The zero-order valence-corrected chi connectivity index (χ0v) is 13.9. The largest absolute Gasteiger partial charge is 0.506 e. The number of halogens is 1. The van der Waals surface area contributed by atoms with E-state index in [-0.39, 0.29) is 17.0 Å². The molecule has 3 aromatic carbocycles. The number of anilines is 1. The molecule has 0 bridgehead atoms. The molecule has 0 spiro atoms. The molecule has 0 radical (unpaired) electrons. The molecule has 0 aliphatic heterocycles. The molecule has 0 aliphatic rings. The van der Waals surface area contributed by atoms with E-state index in [1.807, 2.05) is 0 Å². The fraction of sp³-hybridized carbons (Fsp3) is 0.0556. The van der Waals surface area contributed by atoms with E-state index in [1.165, 1.54) is 18.2 Å². The molecule has 1 amide bonds. The van der Waals surface area contributed by atoms with Crippen molar-refractivity contribution in [2.24, 2.45) is 0 Å². The number of nitro benzene ring substituents is 1. The molecule has 25 heavy (non-hydrogen) atoms. The molecule has 0 heterocycles. The molecule has 3 rings (SSSR count). The van der Waals surface area contributed by atoms with Crippen molar-refractivity contribution in [3.8, 4) is 5.75 Å². The summed E-state index contributed by atoms with van der Waals surface area (Å²) in [5, 5.41) is 25.3. The fourth-order valence-corrected chi connectivity index (χ4v) is 2.81. The molecular formula is C18H13ClN2O4. The maximum Gasteiger partial charge on any atom is 0.271 e. The average Bonchev–Trinajstić information content (AvgIpc) is 2.59. The Labute approximate surface area is 147 Å². The molecule has 0 saturated heterocycles. The number of carbonyl (C=O) groups excluding carboxylic acids is 1. The summed E-state index contributed by atoms with van der Waals surface area (Å²) in [5.74, 6) is -0.797. The van der Waals surface area contributed by atoms with Crippen molar-refractivity contribution in [3.63, 3.8) is 0 Å². The van der Waals surface area contributed by atoms with Crippen LogP contribution in [0.15, 0.2) is 48.5 Å². The lowest BCUT2D eigenvalue weighted by molar-refractivity contribution is -0.384. The number of phenols is 1. The molecule has 3 aromatic rings. The summed E-state index contributed by atoms with van der Waals surface area (Å²) in [7, 11) is 0. The smallest absolute Gasteiger partial charge is 0.271 e. The van der Waals surface area contributed by atoms with E-state index in [0.717, 1.165) is 0 Å². The topological polar surface area (TPSA) is 92.5 Å². The van der Waals surface area contributed by atoms with Gasteiger partial charge >= 0.3 is 0 Å². The Morgan fingerprint density at radius 1 is 1.16 bits per heavy atom. The number of nitro groups is 1. The average molecular weight is 357 g/mol. The summed E-state index contributed by atoms with van der Waals surface area (Å²) in [6, 6.07) is 12.4. The summed E-state index contributed by atoms with van der Waals surface area (Å²) in [4.78, 5) is 22.9. The summed E-state index contributed by atoms with van der Waals surface area (Å²) >= 11 is 6.20. The summed E-state index contributed by atoms with van der Waals surface area (Å²) in [5.41, 5.74) is 0.810. The predicted octanol–water partition coefficient (Wildman–Crippen LogP) is 4.67. The summed E-state index contributed by atoms with van der Waals surface area (Å²) in [6.07, 6.45) is 0. The molecule has 7 heteroatoms. The van der Waals surface area contributed by atoms with Gasteiger partial charge in [-0.3, -0.25) is 14.9 Å². The third-order valence-electron chi connectivity index (χ3n) is 3.89. The van der Waals surface area contributed by atoms with Gasteiger partial charge in [-0.25, -0.2) is 0 Å². The number of amides is 1. The minimum atomic E-state index is -0.603. The third kappa shape index (κ3) is 3.12. The van der Waals surface area contributed by atoms with E-state index in [4.69, 9.17) is 11.6 Å². The number of carbonyl (C=O) groups is 1. The van der Waals surface area contributed by atoms with Gasteiger partial charge in [-0.2, -0.15) is 0 Å². The third-order valence-corrected chi connectivity index (χ3v) is 4.20. The second-order valence-corrected chi connectivity index (χ2v) is 5.92. The molecule has 0 saturated carbocycles. The predicted molar refractivity (Wildman–Crippen MR) is 96.4 cm³/mol. The van der Waals surface area contributed by atoms with Gasteiger partial charge in [-0.1, -0.05) is 41.9 Å². The van der Waals surface area contributed by atoms with Gasteiger partial charge in [-0.15, -0.1) is 0 Å². The first-order valence-electron chi connectivity index (χ1n) is 7.35. The lowest BCUT2D eigenvalue weighted by atomic mass is 10.0. The first-order valence-corrected chi connectivity index (χ1v) is 7.73. The van der Waals surface area contributed by atoms with Gasteiger partial charge in [0.1, 0.15) is 5.75 Å². The van der Waals surface area contributed by atoms with Gasteiger partial charge in [0.05, 0.1) is 16.2 Å². The van der Waals surface area contributed by atoms with E-state index in [2.05, 4.69) is 5.32 Å². The standard InChI is InChI=1S/C18H13ClN2O4/c1-10-6-7-11(21(24)25)8-16(10)20-18(23)14-9-15(19)12-4-2-3-5-13(12)17(14)22/h2-9,22H,1H3,(H,20,23). The molecule has 2 N–H and O–H groups in total. The fourth-order valence-electron chi connectivity index (χ4n) is 2.54. The molecule has 6 nitrogen and oxygen atoms in total. The van der Waals surface area contributed by atoms with Crippen LogP contribution in [0.25, 0.3) is 10.8 Å². The van der Waals surface area contributed by atoms with Crippen LogP contribution in [0.3, 0.4) is 0 Å². The van der Waals surface area contributed by atoms with Crippen LogP contribution in [0.2, 0.25) is 5.02 Å². The van der Waals surface area contributed by atoms with Gasteiger partial charge in [-0.05, 0) is 18.6 Å². The number of nitrogens with one attached hydrogen (secondary N) is 1. The number of aromatic hydroxyl groups is 1. The molecule has 0 unspecified atom stereocenters. The van der Waals surface area contributed by atoms with E-state index < -0.39 is 10.8 Å². The first kappa shape index (κ1) is 16.7. The van der Waals surface area contributed by atoms with Crippen LogP contribution >= 0.6 is 11.6 Å². The molecule has 126 valence electrons. The number of nitrogens with zero attached hydrogens (tertiary/aromatic N) is 1. The number of non-ortho nitro benzene ring substituents is 1. The van der Waals surface area contributed by atoms with Crippen molar-refractivity contribution in [2.75, 3.05) is 5.32 Å². The van der Waals surface area contributed by atoms with Gasteiger partial charge in [0.15, 0.2) is 0 Å². The van der Waals surface area contributed by atoms with E-state index >= 15 is 0 Å². The molecule has 0 aliphatic carbocycles. The van der Waals surface area contributed by atoms with E-state index in [1.54, 1.807) is 37.3 Å². The Kier molecular flexibility index (Phi) is 4.29. The number of rotatable bonds is 3. The highest BCUT2D eigenvalue weighted by Crippen LogP contribution is 2.35. The van der Waals surface area contributed by atoms with Crippen LogP contribution < -0.4 is 5.32 Å². The van der Waals surface area contributed by atoms with Crippen LogP contribution in [0.5, 0.6) is 5.75 Å². The van der Waals surface area contributed by atoms with Gasteiger partial charge in [0, 0.05) is 27.9 Å². The zero-order valence-electron chi connectivity index (χ0n) is 13.1. The Morgan fingerprint density at radius 3 is 2.52 bits per heavy atom. The van der Waals surface area contributed by atoms with Crippen molar-refractivity contribution < 1.29 is 14.8 Å². The number of phenolic OH excluding ortho intramolecular Hbond substituents is 1. The number of hydrogen-bond donors (Lipinski definition) is 2. The van der Waals surface area contributed by atoms with Gasteiger partial charge < -0.3 is 10.4 Å². The Morgan fingerprint density at radius 2 is 1.84 bits per heavy atom. The van der Waals surface area contributed by atoms with Crippen LogP contribution in [0, 0.1) is 17.0 Å². The monoisotopic (exact) mass is 356 g/mol. The van der Waals surface area contributed by atoms with Crippen LogP contribution in [0.1, 0.15) is 15.9 Å². The van der Waals surface area contributed by atoms with Crippen LogP contribution in [-0.2, 0) is 0 Å². The Bertz CT molecular complexity index is 1020. The first-order chi connectivity index (χ1) is 11.9. The summed E-state index contributed by atoms with van der Waals surface area (Å²) < 4.78 is 0. The zero-order chi connectivity index (χ0) is 18.1. The minimum Gasteiger partial charge on any atom is -0.506 e. The maximum atomic E-state index is 12.6. The second-order valence-electron chi connectivity index (χ2n) is 5.51. The number of aryl methyl sites for hydroxylation is 1. The van der Waals surface area contributed by atoms with Crippen molar-refractivity contribution in [3.05, 3.63) is 74.8 Å². The normalized spacial score (nSPS) is 10.6. The Hall–Kier alpha value is -3.12. The molecular weight excluding hydrogens is 344 g/mol. The second kappa shape index (κ2) is 6.41. The highest BCUT2D eigenvalue weighted by molar-refractivity contribution is 6.36. The number of fused-ring (bicyclic) bond motifs is 1. The maximum absolute atomic E-state index is 12.6. The van der Waals surface area contributed by atoms with Crippen molar-refractivity contribution >= 4 is 39.7 Å². The van der Waals surface area contributed by atoms with Crippen LogP contribution in [-0.4, -0.2) is 15.9 Å². The van der Waals surface area contributed by atoms with Crippen LogP contribution in [0.4, 0.5) is 11.4 Å². The summed E-state index contributed by atoms with van der Waals surface area (Å²) in [6.45, 7) is 1.71. The highest BCUT2D eigenvalue weighted by atomic mass is 35.5. The van der Waals surface area contributed by atoms with Crippen molar-refractivity contribution in [2.45, 2.75) is 6.92 Å². The number of benzene rings is 3. The lowest BCUT2D eigenvalue weighted by Gasteiger charge is -2.12. The molecule has 0 aromatic heterocycles. The Balaban J connectivity index is 2.03. The molecule has 0 fully saturated rings.